The third kappa shape index (κ3) is 4.17. The van der Waals surface area contributed by atoms with E-state index in [1.807, 2.05) is 6.07 Å². The molecule has 0 spiro atoms. The lowest BCUT2D eigenvalue weighted by Gasteiger charge is -2.33. The van der Waals surface area contributed by atoms with E-state index in [2.05, 4.69) is 25.1 Å². The molecule has 0 unspecified atom stereocenters. The van der Waals surface area contributed by atoms with Gasteiger partial charge in [-0.25, -0.2) is 4.39 Å². The van der Waals surface area contributed by atoms with E-state index in [4.69, 9.17) is 4.74 Å². The maximum atomic E-state index is 14.3. The summed E-state index contributed by atoms with van der Waals surface area (Å²) in [6, 6.07) is 4.70. The zero-order chi connectivity index (χ0) is 19.1. The summed E-state index contributed by atoms with van der Waals surface area (Å²) in [5.74, 6) is 1.24. The molecule has 0 N–H and O–H groups in total. The summed E-state index contributed by atoms with van der Waals surface area (Å²) >= 11 is 0. The van der Waals surface area contributed by atoms with Crippen LogP contribution >= 0.6 is 0 Å². The van der Waals surface area contributed by atoms with Gasteiger partial charge in [0.15, 0.2) is 0 Å². The summed E-state index contributed by atoms with van der Waals surface area (Å²) in [5, 5.41) is 0. The molecule has 142 valence electrons. The molecule has 1 aromatic carbocycles. The van der Waals surface area contributed by atoms with Crippen LogP contribution in [-0.4, -0.2) is 31.5 Å². The average molecular weight is 359 g/mol. The van der Waals surface area contributed by atoms with E-state index in [1.165, 1.54) is 30.9 Å². The van der Waals surface area contributed by atoms with E-state index < -0.39 is 5.41 Å². The minimum atomic E-state index is -0.622. The van der Waals surface area contributed by atoms with Crippen molar-refractivity contribution < 1.29 is 13.9 Å². The molecular weight excluding hydrogens is 329 g/mol. The Morgan fingerprint density at radius 3 is 2.62 bits per heavy atom. The normalized spacial score (nSPS) is 25.3. The van der Waals surface area contributed by atoms with Crippen molar-refractivity contribution in [1.29, 1.82) is 0 Å². The predicted molar refractivity (Wildman–Crippen MR) is 102 cm³/mol. The number of esters is 1. The molecule has 0 saturated heterocycles. The van der Waals surface area contributed by atoms with Crippen molar-refractivity contribution >= 4 is 11.5 Å². The summed E-state index contributed by atoms with van der Waals surface area (Å²) in [7, 11) is 4.17. The molecule has 3 atom stereocenters. The van der Waals surface area contributed by atoms with Gasteiger partial charge in [0.25, 0.3) is 0 Å². The first kappa shape index (κ1) is 19.1. The van der Waals surface area contributed by atoms with E-state index >= 15 is 0 Å². The van der Waals surface area contributed by atoms with Crippen LogP contribution in [0, 0.1) is 29.0 Å². The molecule has 2 aliphatic carbocycles. The monoisotopic (exact) mass is 359 g/mol. The van der Waals surface area contributed by atoms with Crippen LogP contribution in [-0.2, 0) is 4.79 Å². The van der Waals surface area contributed by atoms with Crippen molar-refractivity contribution in [2.24, 2.45) is 23.2 Å². The molecule has 4 heteroatoms. The number of carbonyl (C=O) groups excluding carboxylic acids is 1. The topological polar surface area (TPSA) is 29.5 Å². The molecule has 3 rings (SSSR count). The second-order valence-corrected chi connectivity index (χ2v) is 9.14. The van der Waals surface area contributed by atoms with Crippen molar-refractivity contribution in [3.8, 4) is 5.75 Å². The number of nitrogens with zero attached hydrogens (tertiary/aromatic N) is 1. The number of benzene rings is 1. The molecule has 0 aliphatic heterocycles. The molecule has 0 amide bonds. The highest BCUT2D eigenvalue weighted by Gasteiger charge is 2.37. The van der Waals surface area contributed by atoms with Crippen LogP contribution in [0.15, 0.2) is 24.3 Å². The minimum Gasteiger partial charge on any atom is -0.426 e. The molecule has 0 aromatic heterocycles. The van der Waals surface area contributed by atoms with Crippen LogP contribution in [0.4, 0.5) is 4.39 Å². The first-order valence-electron chi connectivity index (χ1n) is 9.53. The fourth-order valence-corrected chi connectivity index (χ4v) is 4.20. The highest BCUT2D eigenvalue weighted by Crippen LogP contribution is 2.48. The molecule has 2 aliphatic rings. The number of carbonyl (C=O) groups is 1. The highest BCUT2D eigenvalue weighted by atomic mass is 19.1. The number of hydrogen-bond acceptors (Lipinski definition) is 3. The van der Waals surface area contributed by atoms with E-state index in [1.54, 1.807) is 26.8 Å². The maximum absolute atomic E-state index is 14.3. The highest BCUT2D eigenvalue weighted by molar-refractivity contribution is 5.78. The summed E-state index contributed by atoms with van der Waals surface area (Å²) in [4.78, 5) is 14.4. The van der Waals surface area contributed by atoms with Gasteiger partial charge in [0.05, 0.1) is 5.41 Å². The third-order valence-corrected chi connectivity index (χ3v) is 5.49. The van der Waals surface area contributed by atoms with Gasteiger partial charge in [0.2, 0.25) is 0 Å². The molecular formula is C22H30FNO2. The minimum absolute atomic E-state index is 0.294. The zero-order valence-electron chi connectivity index (χ0n) is 16.5. The average Bonchev–Trinajstić information content (AvgIpc) is 2.91. The smallest absolute Gasteiger partial charge is 0.316 e. The van der Waals surface area contributed by atoms with Gasteiger partial charge in [0.1, 0.15) is 11.6 Å². The Balaban J connectivity index is 1.93. The Bertz CT molecular complexity index is 717. The largest absolute Gasteiger partial charge is 0.426 e. The molecule has 2 bridgehead atoms. The van der Waals surface area contributed by atoms with Crippen LogP contribution in [0.3, 0.4) is 0 Å². The van der Waals surface area contributed by atoms with E-state index in [0.29, 0.717) is 23.5 Å². The molecule has 1 aromatic rings. The first-order valence-corrected chi connectivity index (χ1v) is 9.53. The number of allylic oxidation sites excluding steroid dienone is 1. The quantitative estimate of drug-likeness (QED) is 0.573. The molecule has 1 saturated carbocycles. The second-order valence-electron chi connectivity index (χ2n) is 9.14. The third-order valence-electron chi connectivity index (χ3n) is 5.49. The lowest BCUT2D eigenvalue weighted by molar-refractivity contribution is -0.143. The van der Waals surface area contributed by atoms with Crippen molar-refractivity contribution in [2.45, 2.75) is 40.0 Å². The SMILES string of the molecule is CN(C)C[C@@H]1C(c2cc(F)cc(OC(=O)C(C)(C)C)c2)=C[C@H]2CC[C@@H]1C2. The Kier molecular flexibility index (Phi) is 5.25. The summed E-state index contributed by atoms with van der Waals surface area (Å²) in [6.45, 7) is 6.34. The van der Waals surface area contributed by atoms with Crippen molar-refractivity contribution in [3.05, 3.63) is 35.7 Å². The lowest BCUT2D eigenvalue weighted by Crippen LogP contribution is -2.29. The van der Waals surface area contributed by atoms with Crippen molar-refractivity contribution in [3.63, 3.8) is 0 Å². The number of halogens is 1. The summed E-state index contributed by atoms with van der Waals surface area (Å²) < 4.78 is 19.8. The van der Waals surface area contributed by atoms with E-state index in [-0.39, 0.29) is 11.8 Å². The number of fused-ring (bicyclic) bond motifs is 2. The van der Waals surface area contributed by atoms with E-state index in [9.17, 15) is 9.18 Å². The van der Waals surface area contributed by atoms with Crippen LogP contribution in [0.1, 0.15) is 45.6 Å². The zero-order valence-corrected chi connectivity index (χ0v) is 16.5. The van der Waals surface area contributed by atoms with Gasteiger partial charge in [-0.1, -0.05) is 6.08 Å². The van der Waals surface area contributed by atoms with Crippen LogP contribution < -0.4 is 4.74 Å². The predicted octanol–water partition coefficient (Wildman–Crippen LogP) is 4.77. The summed E-state index contributed by atoms with van der Waals surface area (Å²) in [6.07, 6.45) is 6.04. The molecule has 1 fully saturated rings. The number of ether oxygens (including phenoxy) is 1. The fraction of sp³-hybridized carbons (Fsp3) is 0.591. The van der Waals surface area contributed by atoms with Crippen LogP contribution in [0.25, 0.3) is 5.57 Å². The van der Waals surface area contributed by atoms with Crippen LogP contribution in [0.5, 0.6) is 5.75 Å². The molecule has 3 nitrogen and oxygen atoms in total. The maximum Gasteiger partial charge on any atom is 0.316 e. The first-order chi connectivity index (χ1) is 12.1. The molecule has 26 heavy (non-hydrogen) atoms. The van der Waals surface area contributed by atoms with Gasteiger partial charge in [-0.05, 0) is 95.2 Å². The number of rotatable bonds is 4. The second kappa shape index (κ2) is 7.15. The lowest BCUT2D eigenvalue weighted by atomic mass is 9.76. The Labute approximate surface area is 156 Å². The Morgan fingerprint density at radius 1 is 1.23 bits per heavy atom. The summed E-state index contributed by atoms with van der Waals surface area (Å²) in [5.41, 5.74) is 1.44. The van der Waals surface area contributed by atoms with Gasteiger partial charge in [-0.15, -0.1) is 0 Å². The van der Waals surface area contributed by atoms with Gasteiger partial charge in [0, 0.05) is 12.6 Å². The Hall–Kier alpha value is -1.68. The van der Waals surface area contributed by atoms with Gasteiger partial charge >= 0.3 is 5.97 Å². The molecule has 0 radical (unpaired) electrons. The van der Waals surface area contributed by atoms with Crippen molar-refractivity contribution in [1.82, 2.24) is 4.90 Å². The van der Waals surface area contributed by atoms with Gasteiger partial charge in [-0.2, -0.15) is 0 Å². The standard InChI is InChI=1S/C22H30FNO2/c1-22(2,3)21(25)26-18-11-16(10-17(23)12-18)19-9-14-6-7-15(8-14)20(19)13-24(4)5/h9-12,14-15,20H,6-8,13H2,1-5H3/t14-,15+,20-/m0/s1. The van der Waals surface area contributed by atoms with Crippen LogP contribution in [0.2, 0.25) is 0 Å². The fourth-order valence-electron chi connectivity index (χ4n) is 4.20. The van der Waals surface area contributed by atoms with E-state index in [0.717, 1.165) is 12.1 Å². The van der Waals surface area contributed by atoms with Gasteiger partial charge in [-0.3, -0.25) is 4.79 Å². The van der Waals surface area contributed by atoms with Crippen molar-refractivity contribution in [2.75, 3.05) is 20.6 Å². The Morgan fingerprint density at radius 2 is 1.96 bits per heavy atom. The molecule has 0 heterocycles. The van der Waals surface area contributed by atoms with Gasteiger partial charge < -0.3 is 9.64 Å². The number of hydrogen-bond donors (Lipinski definition) is 0.